The van der Waals surface area contributed by atoms with E-state index in [2.05, 4.69) is 4.74 Å². The van der Waals surface area contributed by atoms with Crippen LogP contribution >= 0.6 is 0 Å². The quantitative estimate of drug-likeness (QED) is 0.441. The molecule has 3 aliphatic rings. The first kappa shape index (κ1) is 13.6. The Labute approximate surface area is 126 Å². The van der Waals surface area contributed by atoms with E-state index in [0.717, 1.165) is 0 Å². The lowest BCUT2D eigenvalue weighted by atomic mass is 9.70. The molecule has 1 saturated heterocycles. The normalized spacial score (nSPS) is 40.3. The molecule has 114 valence electrons. The van der Waals surface area contributed by atoms with Gasteiger partial charge in [0.2, 0.25) is 11.8 Å². The third-order valence-corrected chi connectivity index (χ3v) is 5.32. The number of ketones is 1. The van der Waals surface area contributed by atoms with Gasteiger partial charge in [-0.2, -0.15) is 4.57 Å². The van der Waals surface area contributed by atoms with Gasteiger partial charge in [-0.05, 0) is 12.8 Å². The number of aliphatic hydroxyl groups excluding tert-OH is 1. The lowest BCUT2D eigenvalue weighted by Gasteiger charge is -2.30. The molecule has 1 aromatic heterocycles. The van der Waals surface area contributed by atoms with Crippen molar-refractivity contribution >= 4 is 17.7 Å². The van der Waals surface area contributed by atoms with Crippen LogP contribution in [0.25, 0.3) is 0 Å². The molecule has 2 aliphatic carbocycles. The highest BCUT2D eigenvalue weighted by Gasteiger charge is 2.61. The first-order chi connectivity index (χ1) is 10.6. The fourth-order valence-corrected chi connectivity index (χ4v) is 4.25. The average Bonchev–Trinajstić information content (AvgIpc) is 2.94. The number of pyridine rings is 1. The molecule has 1 N–H and O–H groups in total. The summed E-state index contributed by atoms with van der Waals surface area (Å²) in [5.41, 5.74) is 0. The molecule has 6 heteroatoms. The van der Waals surface area contributed by atoms with E-state index in [1.54, 1.807) is 29.1 Å². The van der Waals surface area contributed by atoms with Crippen molar-refractivity contribution < 1.29 is 28.8 Å². The largest absolute Gasteiger partial charge is 0.393 e. The zero-order valence-electron chi connectivity index (χ0n) is 11.8. The number of aliphatic hydroxyl groups is 1. The molecular formula is C16H16NO5+. The first-order valence-electron chi connectivity index (χ1n) is 7.51. The summed E-state index contributed by atoms with van der Waals surface area (Å²) in [6, 6.07) is 4.81. The van der Waals surface area contributed by atoms with E-state index in [9.17, 15) is 19.5 Å². The summed E-state index contributed by atoms with van der Waals surface area (Å²) in [4.78, 5) is 36.2. The van der Waals surface area contributed by atoms with Crippen LogP contribution in [0.4, 0.5) is 0 Å². The van der Waals surface area contributed by atoms with Crippen molar-refractivity contribution in [2.24, 2.45) is 23.7 Å². The highest BCUT2D eigenvalue weighted by atomic mass is 16.6. The lowest BCUT2D eigenvalue weighted by molar-refractivity contribution is -0.715. The number of carbonyl (C=O) groups excluding carboxylic acids is 3. The minimum Gasteiger partial charge on any atom is -0.393 e. The number of nitrogens with zero attached hydrogens (tertiary/aromatic N) is 1. The number of rotatable bonds is 1. The third-order valence-electron chi connectivity index (χ3n) is 5.32. The summed E-state index contributed by atoms with van der Waals surface area (Å²) >= 11 is 0. The molecule has 1 aromatic rings. The number of hydrogen-bond donors (Lipinski definition) is 1. The van der Waals surface area contributed by atoms with E-state index < -0.39 is 35.9 Å². The number of cyclic esters (lactones) is 2. The highest BCUT2D eigenvalue weighted by molar-refractivity contribution is 5.98. The second kappa shape index (κ2) is 4.71. The predicted molar refractivity (Wildman–Crippen MR) is 71.0 cm³/mol. The van der Waals surface area contributed by atoms with E-state index in [1.807, 2.05) is 6.07 Å². The monoisotopic (exact) mass is 302 g/mol. The summed E-state index contributed by atoms with van der Waals surface area (Å²) in [5.74, 6) is -2.78. The van der Waals surface area contributed by atoms with E-state index in [1.165, 1.54) is 0 Å². The third kappa shape index (κ3) is 1.76. The van der Waals surface area contributed by atoms with Crippen LogP contribution in [-0.2, 0) is 19.1 Å². The molecule has 22 heavy (non-hydrogen) atoms. The number of aromatic nitrogens is 1. The summed E-state index contributed by atoms with van der Waals surface area (Å²) in [5, 5.41) is 10.6. The number of hydrogen-bond acceptors (Lipinski definition) is 5. The van der Waals surface area contributed by atoms with Crippen LogP contribution in [0.3, 0.4) is 0 Å². The van der Waals surface area contributed by atoms with Gasteiger partial charge in [0.15, 0.2) is 12.4 Å². The van der Waals surface area contributed by atoms with Gasteiger partial charge in [-0.1, -0.05) is 6.07 Å². The van der Waals surface area contributed by atoms with Crippen LogP contribution in [0.1, 0.15) is 18.9 Å². The van der Waals surface area contributed by atoms with Gasteiger partial charge in [-0.15, -0.1) is 0 Å². The maximum atomic E-state index is 12.7. The Bertz CT molecular complexity index is 658. The molecule has 0 radical (unpaired) electrons. The van der Waals surface area contributed by atoms with Crippen LogP contribution in [0.5, 0.6) is 0 Å². The van der Waals surface area contributed by atoms with Crippen LogP contribution in [0.15, 0.2) is 30.6 Å². The summed E-state index contributed by atoms with van der Waals surface area (Å²) in [6.07, 6.45) is 3.32. The molecule has 0 bridgehead atoms. The van der Waals surface area contributed by atoms with Gasteiger partial charge >= 0.3 is 11.9 Å². The van der Waals surface area contributed by atoms with E-state index in [0.29, 0.717) is 12.8 Å². The Morgan fingerprint density at radius 1 is 0.955 bits per heavy atom. The Kier molecular flexibility index (Phi) is 2.91. The molecule has 4 rings (SSSR count). The van der Waals surface area contributed by atoms with Gasteiger partial charge in [0, 0.05) is 24.0 Å². The Morgan fingerprint density at radius 3 is 2.27 bits per heavy atom. The number of carbonyl (C=O) groups is 3. The smallest absolute Gasteiger partial charge is 0.317 e. The molecule has 2 saturated carbocycles. The maximum Gasteiger partial charge on any atom is 0.317 e. The molecule has 1 aliphatic heterocycles. The molecule has 6 unspecified atom stereocenters. The van der Waals surface area contributed by atoms with Crippen molar-refractivity contribution in [2.45, 2.75) is 25.0 Å². The number of Topliss-reactive ketones (excluding diaryl/α,β-unsaturated/α-hetero) is 1. The second-order valence-corrected chi connectivity index (χ2v) is 6.36. The van der Waals surface area contributed by atoms with Crippen molar-refractivity contribution in [1.29, 1.82) is 0 Å². The highest BCUT2D eigenvalue weighted by Crippen LogP contribution is 2.49. The van der Waals surface area contributed by atoms with Gasteiger partial charge in [-0.3, -0.25) is 14.4 Å². The van der Waals surface area contributed by atoms with E-state index in [-0.39, 0.29) is 17.6 Å². The topological polar surface area (TPSA) is 84.6 Å². The van der Waals surface area contributed by atoms with E-state index >= 15 is 0 Å². The Morgan fingerprint density at radius 2 is 1.59 bits per heavy atom. The standard InChI is InChI=1S/C16H16NO5/c18-13-8-6-10-11(16(21)22-15(10)20)7-9(8)14(19)12(13)17-4-2-1-3-5-17/h1-5,8-13,18H,6-7H2/q+1. The zero-order valence-corrected chi connectivity index (χ0v) is 11.8. The van der Waals surface area contributed by atoms with Crippen LogP contribution in [0.2, 0.25) is 0 Å². The van der Waals surface area contributed by atoms with Crippen molar-refractivity contribution in [1.82, 2.24) is 0 Å². The molecule has 3 fully saturated rings. The van der Waals surface area contributed by atoms with Gasteiger partial charge in [-0.25, -0.2) is 0 Å². The lowest BCUT2D eigenvalue weighted by Crippen LogP contribution is -2.47. The molecular weight excluding hydrogens is 286 g/mol. The van der Waals surface area contributed by atoms with Crippen molar-refractivity contribution in [2.75, 3.05) is 0 Å². The second-order valence-electron chi connectivity index (χ2n) is 6.36. The Balaban J connectivity index is 1.67. The Hall–Kier alpha value is -2.08. The predicted octanol–water partition coefficient (Wildman–Crippen LogP) is -0.199. The fraction of sp³-hybridized carbons (Fsp3) is 0.500. The first-order valence-corrected chi connectivity index (χ1v) is 7.51. The minimum atomic E-state index is -0.839. The molecule has 0 spiro atoms. The minimum absolute atomic E-state index is 0.0562. The van der Waals surface area contributed by atoms with Gasteiger partial charge in [0.25, 0.3) is 0 Å². The van der Waals surface area contributed by atoms with Crippen LogP contribution < -0.4 is 4.57 Å². The average molecular weight is 302 g/mol. The zero-order chi connectivity index (χ0) is 15.4. The van der Waals surface area contributed by atoms with Gasteiger partial charge in [0.05, 0.1) is 11.8 Å². The van der Waals surface area contributed by atoms with Crippen molar-refractivity contribution in [3.8, 4) is 0 Å². The van der Waals surface area contributed by atoms with E-state index in [4.69, 9.17) is 0 Å². The molecule has 0 amide bonds. The van der Waals surface area contributed by atoms with Crippen molar-refractivity contribution in [3.05, 3.63) is 30.6 Å². The number of ether oxygens (including phenoxy) is 1. The van der Waals surface area contributed by atoms with Gasteiger partial charge < -0.3 is 9.84 Å². The van der Waals surface area contributed by atoms with Crippen molar-refractivity contribution in [3.63, 3.8) is 0 Å². The summed E-state index contributed by atoms with van der Waals surface area (Å²) < 4.78 is 6.39. The van der Waals surface area contributed by atoms with Crippen LogP contribution in [0, 0.1) is 23.7 Å². The number of fused-ring (bicyclic) bond motifs is 2. The molecule has 0 aromatic carbocycles. The summed E-state index contributed by atoms with van der Waals surface area (Å²) in [6.45, 7) is 0. The van der Waals surface area contributed by atoms with Gasteiger partial charge in [0.1, 0.15) is 6.10 Å². The molecule has 6 atom stereocenters. The van der Waals surface area contributed by atoms with Crippen LogP contribution in [-0.4, -0.2) is 28.9 Å². The molecule has 2 heterocycles. The SMILES string of the molecule is O=C1OC(=O)C2CC3C(CC12)C(=O)C([n+]1ccccc1)C3O. The summed E-state index contributed by atoms with van der Waals surface area (Å²) in [7, 11) is 0. The maximum absolute atomic E-state index is 12.7. The molecule has 6 nitrogen and oxygen atoms in total. The number of esters is 2. The fourth-order valence-electron chi connectivity index (χ4n) is 4.25.